The van der Waals surface area contributed by atoms with Crippen molar-refractivity contribution in [1.29, 1.82) is 0 Å². The minimum atomic E-state index is 0.649. The summed E-state index contributed by atoms with van der Waals surface area (Å²) in [6.07, 6.45) is 0. The van der Waals surface area contributed by atoms with Gasteiger partial charge in [-0.2, -0.15) is 0 Å². The smallest absolute Gasteiger partial charge is 0.171 e. The van der Waals surface area contributed by atoms with Crippen molar-refractivity contribution in [2.45, 2.75) is 26.9 Å². The maximum Gasteiger partial charge on any atom is 0.171 e. The lowest BCUT2D eigenvalue weighted by atomic mass is 10.1. The van der Waals surface area contributed by atoms with Crippen molar-refractivity contribution in [2.75, 3.05) is 31.6 Å². The Morgan fingerprint density at radius 3 is 2.46 bits per heavy atom. The van der Waals surface area contributed by atoms with E-state index in [1.807, 2.05) is 6.07 Å². The second-order valence-corrected chi connectivity index (χ2v) is 7.17. The van der Waals surface area contributed by atoms with Crippen molar-refractivity contribution in [3.8, 4) is 0 Å². The van der Waals surface area contributed by atoms with Crippen LogP contribution in [0.15, 0.2) is 42.5 Å². The van der Waals surface area contributed by atoms with E-state index in [1.54, 1.807) is 0 Å². The van der Waals surface area contributed by atoms with Crippen molar-refractivity contribution < 1.29 is 4.74 Å². The Labute approximate surface area is 161 Å². The Hall–Kier alpha value is -1.95. The lowest BCUT2D eigenvalue weighted by Gasteiger charge is -2.26. The molecule has 3 rings (SSSR count). The fraction of sp³-hybridized carbons (Fsp3) is 0.381. The van der Waals surface area contributed by atoms with Gasteiger partial charge in [-0.3, -0.25) is 4.90 Å². The molecule has 0 bridgehead atoms. The Balaban J connectivity index is 1.48. The number of rotatable bonds is 5. The van der Waals surface area contributed by atoms with Gasteiger partial charge in [0.15, 0.2) is 5.11 Å². The lowest BCUT2D eigenvalue weighted by molar-refractivity contribution is 0.0342. The predicted octanol–water partition coefficient (Wildman–Crippen LogP) is 3.62. The molecule has 1 fully saturated rings. The van der Waals surface area contributed by atoms with Crippen LogP contribution < -0.4 is 10.6 Å². The van der Waals surface area contributed by atoms with E-state index in [9.17, 15) is 0 Å². The number of benzene rings is 2. The Kier molecular flexibility index (Phi) is 6.61. The van der Waals surface area contributed by atoms with E-state index in [4.69, 9.17) is 17.0 Å². The highest BCUT2D eigenvalue weighted by molar-refractivity contribution is 7.80. The van der Waals surface area contributed by atoms with Crippen molar-refractivity contribution in [3.05, 3.63) is 64.7 Å². The summed E-state index contributed by atoms with van der Waals surface area (Å²) in [4.78, 5) is 2.43. The maximum absolute atomic E-state index is 5.43. The van der Waals surface area contributed by atoms with Crippen LogP contribution in [-0.4, -0.2) is 36.3 Å². The molecule has 4 nitrogen and oxygen atoms in total. The van der Waals surface area contributed by atoms with Crippen molar-refractivity contribution >= 4 is 23.0 Å². The standard InChI is InChI=1S/C21H27N3OS/c1-16-4-3-5-20(17(16)2)23-21(26)22-14-18-6-8-19(9-7-18)15-24-10-12-25-13-11-24/h3-9H,10-15H2,1-2H3,(H2,22,23,26). The summed E-state index contributed by atoms with van der Waals surface area (Å²) in [6, 6.07) is 14.9. The van der Waals surface area contributed by atoms with E-state index in [-0.39, 0.29) is 0 Å². The maximum atomic E-state index is 5.43. The van der Waals surface area contributed by atoms with E-state index in [2.05, 4.69) is 65.8 Å². The SMILES string of the molecule is Cc1cccc(NC(=S)NCc2ccc(CN3CCOCC3)cc2)c1C. The zero-order valence-corrected chi connectivity index (χ0v) is 16.4. The number of anilines is 1. The van der Waals surface area contributed by atoms with Crippen LogP contribution in [0.25, 0.3) is 0 Å². The van der Waals surface area contributed by atoms with Gasteiger partial charge in [0.25, 0.3) is 0 Å². The van der Waals surface area contributed by atoms with Crippen LogP contribution in [0.3, 0.4) is 0 Å². The fourth-order valence-electron chi connectivity index (χ4n) is 3.02. The third-order valence-corrected chi connectivity index (χ3v) is 5.09. The molecule has 2 aromatic rings. The molecule has 26 heavy (non-hydrogen) atoms. The van der Waals surface area contributed by atoms with E-state index >= 15 is 0 Å². The molecule has 1 aliphatic heterocycles. The molecule has 0 atom stereocenters. The third-order valence-electron chi connectivity index (χ3n) is 4.84. The van der Waals surface area contributed by atoms with Gasteiger partial charge in [-0.15, -0.1) is 0 Å². The molecule has 0 aromatic heterocycles. The van der Waals surface area contributed by atoms with Gasteiger partial charge in [0.1, 0.15) is 0 Å². The molecule has 0 spiro atoms. The third kappa shape index (κ3) is 5.27. The highest BCUT2D eigenvalue weighted by Gasteiger charge is 2.10. The number of aryl methyl sites for hydroxylation is 1. The first-order valence-corrected chi connectivity index (χ1v) is 9.51. The van der Waals surface area contributed by atoms with Crippen molar-refractivity contribution in [3.63, 3.8) is 0 Å². The lowest BCUT2D eigenvalue weighted by Crippen LogP contribution is -2.35. The molecule has 1 aliphatic rings. The number of nitrogens with zero attached hydrogens (tertiary/aromatic N) is 1. The fourth-order valence-corrected chi connectivity index (χ4v) is 3.20. The average molecular weight is 370 g/mol. The summed E-state index contributed by atoms with van der Waals surface area (Å²) in [5.74, 6) is 0. The highest BCUT2D eigenvalue weighted by atomic mass is 32.1. The first kappa shape index (κ1) is 18.8. The van der Waals surface area contributed by atoms with Gasteiger partial charge < -0.3 is 15.4 Å². The summed E-state index contributed by atoms with van der Waals surface area (Å²) in [5.41, 5.74) is 6.11. The molecule has 2 N–H and O–H groups in total. The van der Waals surface area contributed by atoms with Crippen molar-refractivity contribution in [1.82, 2.24) is 10.2 Å². The van der Waals surface area contributed by atoms with Crippen molar-refractivity contribution in [2.24, 2.45) is 0 Å². The van der Waals surface area contributed by atoms with E-state index in [1.165, 1.54) is 22.3 Å². The summed E-state index contributed by atoms with van der Waals surface area (Å²) in [7, 11) is 0. The average Bonchev–Trinajstić information content (AvgIpc) is 2.66. The Bertz CT molecular complexity index is 739. The molecule has 0 aliphatic carbocycles. The monoisotopic (exact) mass is 369 g/mol. The van der Waals surface area contributed by atoms with Crippen LogP contribution in [0.4, 0.5) is 5.69 Å². The number of hydrogen-bond acceptors (Lipinski definition) is 3. The molecule has 0 radical (unpaired) electrons. The topological polar surface area (TPSA) is 36.5 Å². The summed E-state index contributed by atoms with van der Waals surface area (Å²) < 4.78 is 5.40. The van der Waals surface area contributed by atoms with Gasteiger partial charge in [0.2, 0.25) is 0 Å². The van der Waals surface area contributed by atoms with Crippen LogP contribution in [0.2, 0.25) is 0 Å². The van der Waals surface area contributed by atoms with Gasteiger partial charge in [-0.1, -0.05) is 36.4 Å². The van der Waals surface area contributed by atoms with Gasteiger partial charge >= 0.3 is 0 Å². The number of morpholine rings is 1. The number of nitrogens with one attached hydrogen (secondary N) is 2. The first-order chi connectivity index (χ1) is 12.6. The minimum Gasteiger partial charge on any atom is -0.379 e. The van der Waals surface area contributed by atoms with Crippen LogP contribution in [0.5, 0.6) is 0 Å². The molecule has 5 heteroatoms. The van der Waals surface area contributed by atoms with Gasteiger partial charge in [0, 0.05) is 31.9 Å². The quantitative estimate of drug-likeness (QED) is 0.787. The summed E-state index contributed by atoms with van der Waals surface area (Å²) in [5, 5.41) is 7.23. The zero-order valence-electron chi connectivity index (χ0n) is 15.5. The molecule has 138 valence electrons. The number of hydrogen-bond donors (Lipinski definition) is 2. The molecule has 0 saturated carbocycles. The Morgan fingerprint density at radius 2 is 1.73 bits per heavy atom. The predicted molar refractivity (Wildman–Crippen MR) is 112 cm³/mol. The zero-order chi connectivity index (χ0) is 18.4. The van der Waals surface area contributed by atoms with E-state index in [0.29, 0.717) is 11.7 Å². The second kappa shape index (κ2) is 9.12. The van der Waals surface area contributed by atoms with Gasteiger partial charge in [0.05, 0.1) is 13.2 Å². The molecule has 1 saturated heterocycles. The molecular formula is C21H27N3OS. The molecule has 1 heterocycles. The van der Waals surface area contributed by atoms with E-state index < -0.39 is 0 Å². The molecule has 2 aromatic carbocycles. The van der Waals surface area contributed by atoms with Crippen LogP contribution in [-0.2, 0) is 17.8 Å². The molecular weight excluding hydrogens is 342 g/mol. The van der Waals surface area contributed by atoms with Gasteiger partial charge in [-0.05, 0) is 54.4 Å². The minimum absolute atomic E-state index is 0.649. The Morgan fingerprint density at radius 1 is 1.04 bits per heavy atom. The molecule has 0 amide bonds. The van der Waals surface area contributed by atoms with Crippen LogP contribution >= 0.6 is 12.2 Å². The largest absolute Gasteiger partial charge is 0.379 e. The second-order valence-electron chi connectivity index (χ2n) is 6.76. The first-order valence-electron chi connectivity index (χ1n) is 9.11. The van der Waals surface area contributed by atoms with Gasteiger partial charge in [-0.25, -0.2) is 0 Å². The van der Waals surface area contributed by atoms with Crippen LogP contribution in [0, 0.1) is 13.8 Å². The number of thiocarbonyl (C=S) groups is 1. The normalized spacial score (nSPS) is 14.8. The summed E-state index contributed by atoms with van der Waals surface area (Å²) in [6.45, 7) is 9.63. The van der Waals surface area contributed by atoms with E-state index in [0.717, 1.165) is 38.5 Å². The van der Waals surface area contributed by atoms with Crippen LogP contribution in [0.1, 0.15) is 22.3 Å². The number of ether oxygens (including phenoxy) is 1. The summed E-state index contributed by atoms with van der Waals surface area (Å²) >= 11 is 5.43. The highest BCUT2D eigenvalue weighted by Crippen LogP contribution is 2.17. The molecule has 0 unspecified atom stereocenters.